The van der Waals surface area contributed by atoms with Gasteiger partial charge in [-0.1, -0.05) is 46.0 Å². The van der Waals surface area contributed by atoms with Crippen LogP contribution >= 0.6 is 0 Å². The Hall–Kier alpha value is -1.77. The predicted octanol–water partition coefficient (Wildman–Crippen LogP) is 6.10. The summed E-state index contributed by atoms with van der Waals surface area (Å²) in [7, 11) is -3.59. The molecule has 1 aliphatic carbocycles. The quantitative estimate of drug-likeness (QED) is 0.304. The lowest BCUT2D eigenvalue weighted by molar-refractivity contribution is 0.413. The molecule has 1 aliphatic heterocycles. The van der Waals surface area contributed by atoms with E-state index in [-0.39, 0.29) is 16.3 Å². The van der Waals surface area contributed by atoms with E-state index in [1.165, 1.54) is 5.56 Å². The lowest BCUT2D eigenvalue weighted by Gasteiger charge is -2.46. The van der Waals surface area contributed by atoms with E-state index < -0.39 is 17.9 Å². The van der Waals surface area contributed by atoms with E-state index >= 15 is 0 Å². The van der Waals surface area contributed by atoms with Crippen LogP contribution in [-0.2, 0) is 9.84 Å². The maximum Gasteiger partial charge on any atom is 0.179 e. The number of unbranched alkanes of at least 4 members (excludes halogenated alkanes) is 2. The first-order chi connectivity index (χ1) is 14.0. The number of hydrogen-bond donors (Lipinski definition) is 0. The van der Waals surface area contributed by atoms with Crippen LogP contribution < -0.4 is 4.74 Å². The molecule has 0 N–H and O–H groups in total. The fourth-order valence-electron chi connectivity index (χ4n) is 4.64. The molecule has 0 radical (unpaired) electrons. The highest BCUT2D eigenvalue weighted by atomic mass is 32.2. The van der Waals surface area contributed by atoms with Crippen LogP contribution in [0, 0.1) is 12.3 Å². The van der Waals surface area contributed by atoms with Gasteiger partial charge in [-0.05, 0) is 53.2 Å². The van der Waals surface area contributed by atoms with Gasteiger partial charge in [0.15, 0.2) is 9.84 Å². The van der Waals surface area contributed by atoms with E-state index in [0.29, 0.717) is 17.7 Å². The highest BCUT2D eigenvalue weighted by molar-refractivity contribution is 7.95. The molecule has 0 spiro atoms. The summed E-state index contributed by atoms with van der Waals surface area (Å²) in [5.74, 6) is 3.59. The number of allylic oxidation sites excluding steroid dienone is 2. The smallest absolute Gasteiger partial charge is 0.179 e. The van der Waals surface area contributed by atoms with Crippen molar-refractivity contribution >= 4 is 24.0 Å². The third kappa shape index (κ3) is 3.81. The molecule has 1 atom stereocenters. The largest absolute Gasteiger partial charge is 0.496 e. The van der Waals surface area contributed by atoms with Crippen LogP contribution in [0.4, 0.5) is 0 Å². The van der Waals surface area contributed by atoms with Crippen LogP contribution in [0.25, 0.3) is 6.08 Å². The molecule has 1 unspecified atom stereocenters. The number of ether oxygens (including phenoxy) is 1. The van der Waals surface area contributed by atoms with E-state index in [0.717, 1.165) is 35.3 Å². The molecule has 0 saturated heterocycles. The first kappa shape index (κ1) is 22.9. The van der Waals surface area contributed by atoms with Crippen LogP contribution in [0.1, 0.15) is 63.1 Å². The molecule has 0 amide bonds. The Morgan fingerprint density at radius 1 is 1.23 bits per heavy atom. The van der Waals surface area contributed by atoms with Gasteiger partial charge in [0.25, 0.3) is 0 Å². The average Bonchev–Trinajstić information content (AvgIpc) is 2.90. The molecule has 5 heteroatoms. The standard InChI is InChI=1S/C25H34O3SSi/c1-8-9-10-11-15-22-23-18(17-29(22,26)27)16-20-19(13-12-14-21(20)28-5)24(23)30(6,7)25(2,3)4/h1,12-14,16,24H,9-11,15,17H2,2-7H3. The van der Waals surface area contributed by atoms with E-state index in [4.69, 9.17) is 11.2 Å². The second-order valence-corrected chi connectivity index (χ2v) is 17.6. The summed E-state index contributed by atoms with van der Waals surface area (Å²) >= 11 is 0. The highest BCUT2D eigenvalue weighted by Gasteiger charge is 2.50. The molecule has 0 bridgehead atoms. The molecular weight excluding hydrogens is 408 g/mol. The van der Waals surface area contributed by atoms with Gasteiger partial charge in [0.1, 0.15) is 5.75 Å². The number of methoxy groups -OCH3 is 1. The van der Waals surface area contributed by atoms with Gasteiger partial charge in [-0.2, -0.15) is 0 Å². The molecule has 3 rings (SSSR count). The summed E-state index contributed by atoms with van der Waals surface area (Å²) in [6.07, 6.45) is 10.4. The van der Waals surface area contributed by atoms with Crippen LogP contribution in [0.3, 0.4) is 0 Å². The average molecular weight is 443 g/mol. The van der Waals surface area contributed by atoms with E-state index in [9.17, 15) is 8.42 Å². The molecule has 162 valence electrons. The van der Waals surface area contributed by atoms with E-state index in [2.05, 4.69) is 51.9 Å². The number of rotatable bonds is 6. The van der Waals surface area contributed by atoms with Crippen molar-refractivity contribution in [2.24, 2.45) is 0 Å². The highest BCUT2D eigenvalue weighted by Crippen LogP contribution is 2.56. The molecule has 1 aromatic carbocycles. The Morgan fingerprint density at radius 2 is 1.93 bits per heavy atom. The van der Waals surface area contributed by atoms with Crippen molar-refractivity contribution in [1.82, 2.24) is 0 Å². The zero-order valence-electron chi connectivity index (χ0n) is 19.1. The normalized spacial score (nSPS) is 20.3. The lowest BCUT2D eigenvalue weighted by Crippen LogP contribution is -2.46. The van der Waals surface area contributed by atoms with Crippen LogP contribution in [0.15, 0.2) is 34.3 Å². The Kier molecular flexibility index (Phi) is 6.15. The molecule has 1 aromatic rings. The monoisotopic (exact) mass is 442 g/mol. The van der Waals surface area contributed by atoms with Gasteiger partial charge in [-0.3, -0.25) is 0 Å². The van der Waals surface area contributed by atoms with Crippen molar-refractivity contribution < 1.29 is 13.2 Å². The van der Waals surface area contributed by atoms with Gasteiger partial charge in [0.05, 0.1) is 20.9 Å². The zero-order chi connectivity index (χ0) is 22.3. The number of benzene rings is 1. The fourth-order valence-corrected chi connectivity index (χ4v) is 9.59. The van der Waals surface area contributed by atoms with Crippen LogP contribution in [0.5, 0.6) is 5.75 Å². The molecule has 1 heterocycles. The van der Waals surface area contributed by atoms with Crippen molar-refractivity contribution in [3.05, 3.63) is 45.4 Å². The Labute approximate surface area is 183 Å². The fraction of sp³-hybridized carbons (Fsp3) is 0.520. The van der Waals surface area contributed by atoms with Crippen molar-refractivity contribution in [2.75, 3.05) is 12.9 Å². The third-order valence-corrected chi connectivity index (χ3v) is 15.0. The molecular formula is C25H34O3SSi. The van der Waals surface area contributed by atoms with Crippen LogP contribution in [0.2, 0.25) is 18.1 Å². The molecule has 0 fully saturated rings. The predicted molar refractivity (Wildman–Crippen MR) is 129 cm³/mol. The van der Waals surface area contributed by atoms with Gasteiger partial charge >= 0.3 is 0 Å². The first-order valence-electron chi connectivity index (χ1n) is 10.7. The maximum absolute atomic E-state index is 13.3. The third-order valence-electron chi connectivity index (χ3n) is 7.23. The Bertz CT molecular complexity index is 1050. The summed E-state index contributed by atoms with van der Waals surface area (Å²) in [6, 6.07) is 6.18. The van der Waals surface area contributed by atoms with Gasteiger partial charge in [-0.25, -0.2) is 8.42 Å². The minimum atomic E-state index is -3.29. The number of terminal acetylenes is 1. The molecule has 2 aliphatic rings. The second-order valence-electron chi connectivity index (χ2n) is 10.0. The van der Waals surface area contributed by atoms with Crippen molar-refractivity contribution in [2.45, 2.75) is 70.1 Å². The summed E-state index contributed by atoms with van der Waals surface area (Å²) in [4.78, 5) is 0.661. The zero-order valence-corrected chi connectivity index (χ0v) is 20.9. The minimum absolute atomic E-state index is 0.106. The summed E-state index contributed by atoms with van der Waals surface area (Å²) in [6.45, 7) is 11.7. The summed E-state index contributed by atoms with van der Waals surface area (Å²) in [5, 5.41) is 0.106. The molecule has 3 nitrogen and oxygen atoms in total. The summed E-state index contributed by atoms with van der Waals surface area (Å²) < 4.78 is 32.2. The number of fused-ring (bicyclic) bond motifs is 2. The van der Waals surface area contributed by atoms with E-state index in [1.54, 1.807) is 7.11 Å². The SMILES string of the molecule is C#CCCCCC1=C2C(=Cc3c(OC)cccc3C2[Si](C)(C)C(C)(C)C)CS1(=O)=O. The van der Waals surface area contributed by atoms with E-state index in [1.807, 2.05) is 12.1 Å². The van der Waals surface area contributed by atoms with Gasteiger partial charge < -0.3 is 4.74 Å². The Morgan fingerprint density at radius 3 is 2.53 bits per heavy atom. The maximum atomic E-state index is 13.3. The molecule has 30 heavy (non-hydrogen) atoms. The number of sulfone groups is 1. The number of hydrogen-bond acceptors (Lipinski definition) is 3. The van der Waals surface area contributed by atoms with Crippen molar-refractivity contribution in [3.63, 3.8) is 0 Å². The first-order valence-corrected chi connectivity index (χ1v) is 15.5. The van der Waals surface area contributed by atoms with Gasteiger partial charge in [0, 0.05) is 22.4 Å². The topological polar surface area (TPSA) is 43.4 Å². The van der Waals surface area contributed by atoms with Crippen LogP contribution in [-0.4, -0.2) is 29.4 Å². The minimum Gasteiger partial charge on any atom is -0.496 e. The van der Waals surface area contributed by atoms with Gasteiger partial charge in [-0.15, -0.1) is 12.3 Å². The lowest BCUT2D eigenvalue weighted by atomic mass is 9.86. The molecule has 0 saturated carbocycles. The molecule has 0 aromatic heterocycles. The second kappa shape index (κ2) is 8.05. The Balaban J connectivity index is 2.27. The van der Waals surface area contributed by atoms with Gasteiger partial charge in [0.2, 0.25) is 0 Å². The van der Waals surface area contributed by atoms with Crippen molar-refractivity contribution in [3.8, 4) is 18.1 Å². The summed E-state index contributed by atoms with van der Waals surface area (Å²) in [5.41, 5.74) is 4.45. The van der Waals surface area contributed by atoms with Crippen molar-refractivity contribution in [1.29, 1.82) is 0 Å².